The lowest BCUT2D eigenvalue weighted by Crippen LogP contribution is -2.00. The van der Waals surface area contributed by atoms with Gasteiger partial charge in [0.15, 0.2) is 0 Å². The lowest BCUT2D eigenvalue weighted by molar-refractivity contribution is 0.303. The van der Waals surface area contributed by atoms with E-state index < -0.39 is 0 Å². The van der Waals surface area contributed by atoms with Crippen molar-refractivity contribution in [3.05, 3.63) is 57.6 Å². The van der Waals surface area contributed by atoms with Crippen LogP contribution in [0.3, 0.4) is 0 Å². The zero-order valence-corrected chi connectivity index (χ0v) is 13.7. The smallest absolute Gasteiger partial charge is 0.123 e. The summed E-state index contributed by atoms with van der Waals surface area (Å²) in [6, 6.07) is 12.2. The molecule has 106 valence electrons. The molecule has 0 saturated heterocycles. The first-order chi connectivity index (χ1) is 9.49. The molecule has 0 aliphatic rings. The monoisotopic (exact) mass is 333 g/mol. The van der Waals surface area contributed by atoms with Gasteiger partial charge in [0.25, 0.3) is 0 Å². The second-order valence-electron chi connectivity index (χ2n) is 5.29. The highest BCUT2D eigenvalue weighted by atomic mass is 79.9. The number of aryl methyl sites for hydroxylation is 1. The van der Waals surface area contributed by atoms with Crippen LogP contribution in [-0.2, 0) is 6.61 Å². The van der Waals surface area contributed by atoms with Crippen molar-refractivity contribution in [2.24, 2.45) is 0 Å². The maximum Gasteiger partial charge on any atom is 0.123 e. The lowest BCUT2D eigenvalue weighted by Gasteiger charge is -2.14. The zero-order valence-electron chi connectivity index (χ0n) is 12.1. The molecule has 20 heavy (non-hydrogen) atoms. The fraction of sp³-hybridized carbons (Fsp3) is 0.294. The van der Waals surface area contributed by atoms with Crippen LogP contribution in [-0.4, -0.2) is 0 Å². The second kappa shape index (κ2) is 6.31. The molecule has 0 aromatic heterocycles. The summed E-state index contributed by atoms with van der Waals surface area (Å²) in [4.78, 5) is 0. The highest BCUT2D eigenvalue weighted by molar-refractivity contribution is 9.10. The number of rotatable bonds is 4. The molecule has 0 atom stereocenters. The third-order valence-corrected chi connectivity index (χ3v) is 4.34. The van der Waals surface area contributed by atoms with E-state index in [1.807, 2.05) is 18.2 Å². The van der Waals surface area contributed by atoms with Crippen molar-refractivity contribution in [3.8, 4) is 5.75 Å². The van der Waals surface area contributed by atoms with Crippen molar-refractivity contribution in [1.29, 1.82) is 0 Å². The molecule has 2 nitrogen and oxygen atoms in total. The number of hydrogen-bond donors (Lipinski definition) is 1. The molecule has 2 aromatic carbocycles. The Labute approximate surface area is 129 Å². The van der Waals surface area contributed by atoms with Crippen molar-refractivity contribution in [2.45, 2.75) is 33.3 Å². The number of anilines is 1. The van der Waals surface area contributed by atoms with Crippen LogP contribution in [0.4, 0.5) is 5.69 Å². The molecule has 0 fully saturated rings. The number of ether oxygens (including phenoxy) is 1. The molecule has 0 amide bonds. The molecule has 3 heteroatoms. The second-order valence-corrected chi connectivity index (χ2v) is 6.08. The standard InChI is InChI=1S/C17H20BrNO/c1-11(2)13-8-7-12(3)16(9-13)20-10-14-5-4-6-15(19)17(14)18/h4-9,11H,10,19H2,1-3H3. The van der Waals surface area contributed by atoms with Crippen LogP contribution in [0.2, 0.25) is 0 Å². The molecule has 2 aromatic rings. The van der Waals surface area contributed by atoms with Gasteiger partial charge in [-0.3, -0.25) is 0 Å². The Kier molecular flexibility index (Phi) is 4.71. The van der Waals surface area contributed by atoms with E-state index in [1.54, 1.807) is 0 Å². The molecule has 2 N–H and O–H groups in total. The van der Waals surface area contributed by atoms with E-state index in [-0.39, 0.29) is 0 Å². The average Bonchev–Trinajstić information content (AvgIpc) is 2.41. The quantitative estimate of drug-likeness (QED) is 0.795. The normalized spacial score (nSPS) is 10.8. The van der Waals surface area contributed by atoms with Crippen LogP contribution < -0.4 is 10.5 Å². The van der Waals surface area contributed by atoms with E-state index in [0.717, 1.165) is 27.0 Å². The van der Waals surface area contributed by atoms with Crippen molar-refractivity contribution in [1.82, 2.24) is 0 Å². The van der Waals surface area contributed by atoms with Gasteiger partial charge in [0, 0.05) is 15.7 Å². The van der Waals surface area contributed by atoms with Crippen molar-refractivity contribution in [2.75, 3.05) is 5.73 Å². The van der Waals surface area contributed by atoms with Crippen molar-refractivity contribution < 1.29 is 4.74 Å². The topological polar surface area (TPSA) is 35.2 Å². The Bertz CT molecular complexity index is 608. The minimum Gasteiger partial charge on any atom is -0.489 e. The first-order valence-corrected chi connectivity index (χ1v) is 7.54. The molecule has 0 aliphatic heterocycles. The molecule has 0 aliphatic carbocycles. The van der Waals surface area contributed by atoms with Gasteiger partial charge in [0.2, 0.25) is 0 Å². The van der Waals surface area contributed by atoms with Crippen molar-refractivity contribution >= 4 is 21.6 Å². The number of benzene rings is 2. The molecule has 0 unspecified atom stereocenters. The Morgan fingerprint density at radius 2 is 1.95 bits per heavy atom. The van der Waals surface area contributed by atoms with Crippen LogP contribution in [0.15, 0.2) is 40.9 Å². The fourth-order valence-corrected chi connectivity index (χ4v) is 2.38. The first kappa shape index (κ1) is 14.9. The van der Waals surface area contributed by atoms with Crippen LogP contribution in [0.5, 0.6) is 5.75 Å². The third-order valence-electron chi connectivity index (χ3n) is 3.37. The molecule has 0 saturated carbocycles. The fourth-order valence-electron chi connectivity index (χ4n) is 2.00. The van der Waals surface area contributed by atoms with E-state index in [1.165, 1.54) is 5.56 Å². The highest BCUT2D eigenvalue weighted by Crippen LogP contribution is 2.28. The Morgan fingerprint density at radius 3 is 2.65 bits per heavy atom. The minimum absolute atomic E-state index is 0.497. The Morgan fingerprint density at radius 1 is 1.20 bits per heavy atom. The Hall–Kier alpha value is -1.48. The van der Waals surface area contributed by atoms with E-state index >= 15 is 0 Å². The molecular formula is C17H20BrNO. The van der Waals surface area contributed by atoms with E-state index in [4.69, 9.17) is 10.5 Å². The summed E-state index contributed by atoms with van der Waals surface area (Å²) in [7, 11) is 0. The molecule has 0 heterocycles. The number of nitrogen functional groups attached to an aromatic ring is 1. The number of hydrogen-bond acceptors (Lipinski definition) is 2. The summed E-state index contributed by atoms with van der Waals surface area (Å²) >= 11 is 3.50. The van der Waals surface area contributed by atoms with Crippen molar-refractivity contribution in [3.63, 3.8) is 0 Å². The summed E-state index contributed by atoms with van der Waals surface area (Å²) in [5.74, 6) is 1.43. The largest absolute Gasteiger partial charge is 0.489 e. The van der Waals surface area contributed by atoms with Crippen LogP contribution in [0, 0.1) is 6.92 Å². The minimum atomic E-state index is 0.497. The maximum absolute atomic E-state index is 5.96. The molecule has 2 rings (SSSR count). The number of halogens is 1. The molecule has 0 spiro atoms. The Balaban J connectivity index is 2.18. The first-order valence-electron chi connectivity index (χ1n) is 6.75. The van der Waals surface area contributed by atoms with Crippen LogP contribution in [0.25, 0.3) is 0 Å². The summed E-state index contributed by atoms with van der Waals surface area (Å²) < 4.78 is 6.88. The van der Waals surface area contributed by atoms with Gasteiger partial charge in [-0.1, -0.05) is 38.1 Å². The van der Waals surface area contributed by atoms with Crippen LogP contribution >= 0.6 is 15.9 Å². The van der Waals surface area contributed by atoms with E-state index in [2.05, 4.69) is 54.9 Å². The van der Waals surface area contributed by atoms with Gasteiger partial charge in [0.05, 0.1) is 0 Å². The summed E-state index contributed by atoms with van der Waals surface area (Å²) in [6.45, 7) is 6.94. The summed E-state index contributed by atoms with van der Waals surface area (Å²) in [5.41, 5.74) is 10.1. The van der Waals surface area contributed by atoms with Gasteiger partial charge in [0.1, 0.15) is 12.4 Å². The van der Waals surface area contributed by atoms with Gasteiger partial charge in [-0.2, -0.15) is 0 Å². The van der Waals surface area contributed by atoms with Gasteiger partial charge in [-0.15, -0.1) is 0 Å². The zero-order chi connectivity index (χ0) is 14.7. The van der Waals surface area contributed by atoms with Crippen LogP contribution in [0.1, 0.15) is 36.5 Å². The summed E-state index contributed by atoms with van der Waals surface area (Å²) in [5, 5.41) is 0. The molecule has 0 bridgehead atoms. The summed E-state index contributed by atoms with van der Waals surface area (Å²) in [6.07, 6.45) is 0. The predicted octanol–water partition coefficient (Wildman–Crippen LogP) is 5.04. The lowest BCUT2D eigenvalue weighted by atomic mass is 10.0. The predicted molar refractivity (Wildman–Crippen MR) is 88.2 cm³/mol. The van der Waals surface area contributed by atoms with Gasteiger partial charge in [-0.05, 0) is 52.0 Å². The molecular weight excluding hydrogens is 314 g/mol. The van der Waals surface area contributed by atoms with Gasteiger partial charge >= 0.3 is 0 Å². The average molecular weight is 334 g/mol. The van der Waals surface area contributed by atoms with E-state index in [0.29, 0.717) is 12.5 Å². The maximum atomic E-state index is 5.96. The highest BCUT2D eigenvalue weighted by Gasteiger charge is 2.07. The third kappa shape index (κ3) is 3.34. The van der Waals surface area contributed by atoms with Gasteiger partial charge in [-0.25, -0.2) is 0 Å². The molecule has 0 radical (unpaired) electrons. The SMILES string of the molecule is Cc1ccc(C(C)C)cc1OCc1cccc(N)c1Br. The number of nitrogens with two attached hydrogens (primary N) is 1. The van der Waals surface area contributed by atoms with E-state index in [9.17, 15) is 0 Å². The van der Waals surface area contributed by atoms with Gasteiger partial charge < -0.3 is 10.5 Å².